The van der Waals surface area contributed by atoms with Crippen molar-refractivity contribution in [2.45, 2.75) is 6.54 Å². The minimum atomic E-state index is 0.0385. The van der Waals surface area contributed by atoms with Crippen LogP contribution in [0.4, 0.5) is 10.5 Å². The van der Waals surface area contributed by atoms with Crippen molar-refractivity contribution in [2.75, 3.05) is 18.0 Å². The lowest BCUT2D eigenvalue weighted by atomic mass is 10.1. The fourth-order valence-electron chi connectivity index (χ4n) is 3.16. The number of nitrogens with zero attached hydrogens (tertiary/aromatic N) is 3. The van der Waals surface area contributed by atoms with E-state index < -0.39 is 0 Å². The van der Waals surface area contributed by atoms with Crippen LogP contribution in [0.3, 0.4) is 0 Å². The van der Waals surface area contributed by atoms with Crippen LogP contribution in [0.25, 0.3) is 11.1 Å². The third kappa shape index (κ3) is 3.41. The van der Waals surface area contributed by atoms with E-state index in [0.29, 0.717) is 24.7 Å². The van der Waals surface area contributed by atoms with Crippen molar-refractivity contribution in [1.82, 2.24) is 9.88 Å². The molecule has 2 aromatic carbocycles. The highest BCUT2D eigenvalue weighted by Gasteiger charge is 2.29. The van der Waals surface area contributed by atoms with Gasteiger partial charge in [0, 0.05) is 42.7 Å². The normalized spacial score (nSPS) is 14.1. The minimum Gasteiger partial charge on any atom is -0.318 e. The highest BCUT2D eigenvalue weighted by molar-refractivity contribution is 6.30. The van der Waals surface area contributed by atoms with Gasteiger partial charge < -0.3 is 4.90 Å². The Balaban J connectivity index is 1.47. The molecule has 26 heavy (non-hydrogen) atoms. The topological polar surface area (TPSA) is 36.4 Å². The zero-order valence-electron chi connectivity index (χ0n) is 14.2. The second-order valence-corrected chi connectivity index (χ2v) is 6.70. The quantitative estimate of drug-likeness (QED) is 0.664. The minimum absolute atomic E-state index is 0.0385. The summed E-state index contributed by atoms with van der Waals surface area (Å²) < 4.78 is 0. The van der Waals surface area contributed by atoms with Gasteiger partial charge in [-0.3, -0.25) is 9.88 Å². The average molecular weight is 364 g/mol. The average Bonchev–Trinajstić information content (AvgIpc) is 3.05. The number of benzene rings is 2. The number of halogens is 1. The number of urea groups is 1. The Morgan fingerprint density at radius 2 is 1.50 bits per heavy atom. The maximum Gasteiger partial charge on any atom is 0.324 e. The molecule has 1 fully saturated rings. The molecule has 4 rings (SSSR count). The Kier molecular flexibility index (Phi) is 4.59. The van der Waals surface area contributed by atoms with Crippen LogP contribution in [0.5, 0.6) is 0 Å². The molecule has 0 aliphatic carbocycles. The van der Waals surface area contributed by atoms with E-state index in [1.165, 1.54) is 0 Å². The molecule has 5 heteroatoms. The molecule has 0 N–H and O–H groups in total. The Morgan fingerprint density at radius 3 is 2.19 bits per heavy atom. The number of aromatic nitrogens is 1. The SMILES string of the molecule is O=C1N(Cc2ccc(Cl)cc2)CCN1c1ccc(-c2ccncc2)cc1. The highest BCUT2D eigenvalue weighted by Crippen LogP contribution is 2.26. The van der Waals surface area contributed by atoms with Gasteiger partial charge in [0.2, 0.25) is 0 Å². The van der Waals surface area contributed by atoms with Crippen molar-refractivity contribution in [3.8, 4) is 11.1 Å². The summed E-state index contributed by atoms with van der Waals surface area (Å²) in [6.45, 7) is 2.01. The van der Waals surface area contributed by atoms with Crippen molar-refractivity contribution in [3.63, 3.8) is 0 Å². The van der Waals surface area contributed by atoms with E-state index in [9.17, 15) is 4.79 Å². The van der Waals surface area contributed by atoms with Crippen molar-refractivity contribution < 1.29 is 4.79 Å². The summed E-state index contributed by atoms with van der Waals surface area (Å²) in [4.78, 5) is 20.5. The summed E-state index contributed by atoms with van der Waals surface area (Å²) in [7, 11) is 0. The summed E-state index contributed by atoms with van der Waals surface area (Å²) in [5.74, 6) is 0. The lowest BCUT2D eigenvalue weighted by molar-refractivity contribution is 0.219. The van der Waals surface area contributed by atoms with E-state index in [-0.39, 0.29) is 6.03 Å². The molecule has 2 amide bonds. The number of pyridine rings is 1. The number of rotatable bonds is 4. The summed E-state index contributed by atoms with van der Waals surface area (Å²) in [6, 6.07) is 19.7. The smallest absolute Gasteiger partial charge is 0.318 e. The van der Waals surface area contributed by atoms with Crippen molar-refractivity contribution in [1.29, 1.82) is 0 Å². The van der Waals surface area contributed by atoms with Gasteiger partial charge in [0.25, 0.3) is 0 Å². The van der Waals surface area contributed by atoms with E-state index >= 15 is 0 Å². The lowest BCUT2D eigenvalue weighted by Gasteiger charge is -2.19. The molecule has 2 heterocycles. The monoisotopic (exact) mass is 363 g/mol. The molecule has 0 saturated carbocycles. The van der Waals surface area contributed by atoms with Crippen LogP contribution in [0.1, 0.15) is 5.56 Å². The van der Waals surface area contributed by atoms with Gasteiger partial charge in [-0.2, -0.15) is 0 Å². The predicted octanol–water partition coefficient (Wildman–Crippen LogP) is 4.84. The van der Waals surface area contributed by atoms with Gasteiger partial charge in [-0.1, -0.05) is 35.9 Å². The first-order chi connectivity index (χ1) is 12.7. The van der Waals surface area contributed by atoms with E-state index in [1.807, 2.05) is 70.5 Å². The van der Waals surface area contributed by atoms with Gasteiger partial charge in [-0.25, -0.2) is 4.79 Å². The molecule has 130 valence electrons. The van der Waals surface area contributed by atoms with Crippen LogP contribution < -0.4 is 4.90 Å². The van der Waals surface area contributed by atoms with Crippen LogP contribution in [-0.2, 0) is 6.54 Å². The molecule has 0 radical (unpaired) electrons. The molecular weight excluding hydrogens is 346 g/mol. The van der Waals surface area contributed by atoms with Crippen LogP contribution in [0.15, 0.2) is 73.1 Å². The van der Waals surface area contributed by atoms with Crippen molar-refractivity contribution >= 4 is 23.3 Å². The Morgan fingerprint density at radius 1 is 0.846 bits per heavy atom. The molecule has 0 atom stereocenters. The van der Waals surface area contributed by atoms with Crippen LogP contribution in [0.2, 0.25) is 5.02 Å². The number of hydrogen-bond donors (Lipinski definition) is 0. The van der Waals surface area contributed by atoms with E-state index in [1.54, 1.807) is 12.4 Å². The number of carbonyl (C=O) groups is 1. The van der Waals surface area contributed by atoms with E-state index in [0.717, 1.165) is 22.4 Å². The molecule has 0 bridgehead atoms. The third-order valence-corrected chi connectivity index (χ3v) is 4.83. The lowest BCUT2D eigenvalue weighted by Crippen LogP contribution is -2.31. The number of anilines is 1. The van der Waals surface area contributed by atoms with Crippen molar-refractivity contribution in [3.05, 3.63) is 83.6 Å². The Bertz CT molecular complexity index is 895. The fraction of sp³-hybridized carbons (Fsp3) is 0.143. The summed E-state index contributed by atoms with van der Waals surface area (Å²) in [5.41, 5.74) is 4.23. The van der Waals surface area contributed by atoms with Gasteiger partial charge in [0.15, 0.2) is 0 Å². The largest absolute Gasteiger partial charge is 0.324 e. The van der Waals surface area contributed by atoms with Crippen LogP contribution in [-0.4, -0.2) is 29.0 Å². The first-order valence-corrected chi connectivity index (χ1v) is 8.90. The van der Waals surface area contributed by atoms with Crippen LogP contribution >= 0.6 is 11.6 Å². The molecule has 4 nitrogen and oxygen atoms in total. The fourth-order valence-corrected chi connectivity index (χ4v) is 3.28. The van der Waals surface area contributed by atoms with Gasteiger partial charge in [0.05, 0.1) is 0 Å². The number of carbonyl (C=O) groups excluding carboxylic acids is 1. The number of hydrogen-bond acceptors (Lipinski definition) is 2. The van der Waals surface area contributed by atoms with Gasteiger partial charge in [-0.15, -0.1) is 0 Å². The number of amides is 2. The maximum absolute atomic E-state index is 12.7. The summed E-state index contributed by atoms with van der Waals surface area (Å²) in [5, 5.41) is 0.706. The molecule has 3 aromatic rings. The molecule has 1 aliphatic heterocycles. The molecule has 1 saturated heterocycles. The summed E-state index contributed by atoms with van der Waals surface area (Å²) in [6.07, 6.45) is 3.56. The second kappa shape index (κ2) is 7.18. The zero-order chi connectivity index (χ0) is 17.9. The Labute approximate surface area is 157 Å². The molecule has 0 spiro atoms. The van der Waals surface area contributed by atoms with Crippen LogP contribution in [0, 0.1) is 0 Å². The molecular formula is C21H18ClN3O. The molecule has 0 unspecified atom stereocenters. The summed E-state index contributed by atoms with van der Waals surface area (Å²) >= 11 is 5.92. The van der Waals surface area contributed by atoms with E-state index in [4.69, 9.17) is 11.6 Å². The van der Waals surface area contributed by atoms with Gasteiger partial charge >= 0.3 is 6.03 Å². The van der Waals surface area contributed by atoms with E-state index in [2.05, 4.69) is 4.98 Å². The zero-order valence-corrected chi connectivity index (χ0v) is 14.9. The first kappa shape index (κ1) is 16.6. The predicted molar refractivity (Wildman–Crippen MR) is 104 cm³/mol. The first-order valence-electron chi connectivity index (χ1n) is 8.52. The second-order valence-electron chi connectivity index (χ2n) is 6.26. The maximum atomic E-state index is 12.7. The van der Waals surface area contributed by atoms with Gasteiger partial charge in [-0.05, 0) is 53.1 Å². The van der Waals surface area contributed by atoms with Gasteiger partial charge in [0.1, 0.15) is 0 Å². The third-order valence-electron chi connectivity index (χ3n) is 4.57. The van der Waals surface area contributed by atoms with Crippen molar-refractivity contribution in [2.24, 2.45) is 0 Å². The molecule has 1 aromatic heterocycles. The molecule has 1 aliphatic rings. The highest BCUT2D eigenvalue weighted by atomic mass is 35.5. The standard InChI is InChI=1S/C21H18ClN3O/c22-19-5-1-16(2-6-19)15-24-13-14-25(21(24)26)20-7-3-17(4-8-20)18-9-11-23-12-10-18/h1-12H,13-15H2. The Hall–Kier alpha value is -2.85.